The molecule has 0 amide bonds. The van der Waals surface area contributed by atoms with E-state index in [1.807, 2.05) is 4.90 Å². The minimum absolute atomic E-state index is 0.0268. The van der Waals surface area contributed by atoms with Gasteiger partial charge in [0.05, 0.1) is 24.0 Å². The average Bonchev–Trinajstić information content (AvgIpc) is 2.62. The van der Waals surface area contributed by atoms with Crippen molar-refractivity contribution in [3.05, 3.63) is 18.2 Å². The van der Waals surface area contributed by atoms with Gasteiger partial charge in [0, 0.05) is 6.54 Å². The number of nitrogens with zero attached hydrogens (tertiary/aromatic N) is 1. The van der Waals surface area contributed by atoms with Crippen LogP contribution in [0.1, 0.15) is 25.7 Å². The van der Waals surface area contributed by atoms with Crippen molar-refractivity contribution in [2.75, 3.05) is 23.8 Å². The van der Waals surface area contributed by atoms with Crippen LogP contribution < -0.4 is 15.8 Å². The van der Waals surface area contributed by atoms with Gasteiger partial charge in [-0.2, -0.15) is 0 Å². The Morgan fingerprint density at radius 3 is 2.70 bits per heavy atom. The van der Waals surface area contributed by atoms with Crippen LogP contribution >= 0.6 is 0 Å². The number of aliphatic hydroxyl groups is 1. The van der Waals surface area contributed by atoms with E-state index in [-0.39, 0.29) is 23.2 Å². The fourth-order valence-electron chi connectivity index (χ4n) is 2.72. The van der Waals surface area contributed by atoms with Gasteiger partial charge in [-0.3, -0.25) is 0 Å². The maximum atomic E-state index is 11.5. The number of aliphatic hydroxyl groups excluding tert-OH is 1. The van der Waals surface area contributed by atoms with Gasteiger partial charge in [-0.05, 0) is 25.0 Å². The molecule has 1 aromatic rings. The second kappa shape index (κ2) is 5.99. The normalized spacial score (nSPS) is 20.7. The lowest BCUT2D eigenvalue weighted by atomic mass is 10.1. The minimum Gasteiger partial charge on any atom is -0.396 e. The van der Waals surface area contributed by atoms with Crippen LogP contribution in [0.2, 0.25) is 0 Å². The quantitative estimate of drug-likeness (QED) is 0.710. The molecule has 6 nitrogen and oxygen atoms in total. The van der Waals surface area contributed by atoms with Crippen molar-refractivity contribution in [2.45, 2.75) is 36.6 Å². The van der Waals surface area contributed by atoms with Crippen molar-refractivity contribution in [1.29, 1.82) is 0 Å². The smallest absolute Gasteiger partial charge is 0.240 e. The number of nitrogens with two attached hydrogens (primary N) is 2. The van der Waals surface area contributed by atoms with Crippen LogP contribution in [0.4, 0.5) is 11.4 Å². The molecule has 0 saturated carbocycles. The lowest BCUT2D eigenvalue weighted by molar-refractivity contribution is 0.255. The van der Waals surface area contributed by atoms with E-state index in [1.54, 1.807) is 12.1 Å². The first-order chi connectivity index (χ1) is 9.45. The molecule has 5 N–H and O–H groups in total. The zero-order chi connectivity index (χ0) is 14.8. The molecule has 20 heavy (non-hydrogen) atoms. The molecular weight excluding hydrogens is 278 g/mol. The molecule has 7 heteroatoms. The summed E-state index contributed by atoms with van der Waals surface area (Å²) in [5, 5.41) is 14.7. The Balaban J connectivity index is 2.45. The second-order valence-corrected chi connectivity index (χ2v) is 6.64. The van der Waals surface area contributed by atoms with E-state index in [0.717, 1.165) is 32.2 Å². The first kappa shape index (κ1) is 15.1. The van der Waals surface area contributed by atoms with Crippen LogP contribution in [0.5, 0.6) is 0 Å². The minimum atomic E-state index is -3.84. The van der Waals surface area contributed by atoms with Crippen molar-refractivity contribution in [3.8, 4) is 0 Å². The summed E-state index contributed by atoms with van der Waals surface area (Å²) in [5.74, 6) is 0. The molecule has 1 aliphatic rings. The van der Waals surface area contributed by atoms with Gasteiger partial charge in [0.15, 0.2) is 0 Å². The van der Waals surface area contributed by atoms with Gasteiger partial charge in [-0.15, -0.1) is 0 Å². The lowest BCUT2D eigenvalue weighted by Gasteiger charge is -2.32. The fourth-order valence-corrected chi connectivity index (χ4v) is 3.39. The number of primary sulfonamides is 1. The number of para-hydroxylation sites is 1. The molecule has 1 unspecified atom stereocenters. The third-order valence-corrected chi connectivity index (χ3v) is 4.72. The van der Waals surface area contributed by atoms with E-state index in [1.165, 1.54) is 6.07 Å². The average molecular weight is 299 g/mol. The van der Waals surface area contributed by atoms with E-state index in [0.29, 0.717) is 5.69 Å². The molecule has 112 valence electrons. The molecule has 0 aliphatic carbocycles. The van der Waals surface area contributed by atoms with Crippen LogP contribution in [0.3, 0.4) is 0 Å². The number of nitrogen functional groups attached to an aromatic ring is 1. The fraction of sp³-hybridized carbons (Fsp3) is 0.538. The summed E-state index contributed by atoms with van der Waals surface area (Å²) in [6, 6.07) is 4.78. The highest BCUT2D eigenvalue weighted by Gasteiger charge is 2.24. The van der Waals surface area contributed by atoms with Crippen LogP contribution in [-0.2, 0) is 10.0 Å². The largest absolute Gasteiger partial charge is 0.396 e. The number of rotatable bonds is 3. The third-order valence-electron chi connectivity index (χ3n) is 3.75. The predicted octanol–water partition coefficient (Wildman–Crippen LogP) is 0.658. The first-order valence-corrected chi connectivity index (χ1v) is 8.28. The van der Waals surface area contributed by atoms with E-state index < -0.39 is 10.0 Å². The summed E-state index contributed by atoms with van der Waals surface area (Å²) in [4.78, 5) is 1.94. The molecule has 1 aliphatic heterocycles. The van der Waals surface area contributed by atoms with E-state index in [2.05, 4.69) is 0 Å². The Morgan fingerprint density at radius 2 is 2.05 bits per heavy atom. The molecule has 1 saturated heterocycles. The van der Waals surface area contributed by atoms with E-state index in [4.69, 9.17) is 10.9 Å². The van der Waals surface area contributed by atoms with Gasteiger partial charge in [-0.1, -0.05) is 18.9 Å². The van der Waals surface area contributed by atoms with Crippen molar-refractivity contribution < 1.29 is 13.5 Å². The highest BCUT2D eigenvalue weighted by atomic mass is 32.2. The summed E-state index contributed by atoms with van der Waals surface area (Å²) in [6.45, 7) is 0.780. The van der Waals surface area contributed by atoms with Crippen molar-refractivity contribution in [3.63, 3.8) is 0 Å². The second-order valence-electron chi connectivity index (χ2n) is 5.11. The Kier molecular flexibility index (Phi) is 4.52. The Hall–Kier alpha value is -1.31. The molecule has 0 bridgehead atoms. The van der Waals surface area contributed by atoms with E-state index in [9.17, 15) is 13.5 Å². The predicted molar refractivity (Wildman–Crippen MR) is 78.9 cm³/mol. The number of sulfonamides is 1. The Labute approximate surface area is 119 Å². The summed E-state index contributed by atoms with van der Waals surface area (Å²) >= 11 is 0. The highest BCUT2D eigenvalue weighted by Crippen LogP contribution is 2.32. The third kappa shape index (κ3) is 3.05. The summed E-state index contributed by atoms with van der Waals surface area (Å²) in [5.41, 5.74) is 6.78. The Morgan fingerprint density at radius 1 is 1.30 bits per heavy atom. The maximum absolute atomic E-state index is 11.5. The van der Waals surface area contributed by atoms with Gasteiger partial charge in [0.1, 0.15) is 4.90 Å². The van der Waals surface area contributed by atoms with Crippen LogP contribution in [0.25, 0.3) is 0 Å². The topological polar surface area (TPSA) is 110 Å². The zero-order valence-corrected chi connectivity index (χ0v) is 12.1. The van der Waals surface area contributed by atoms with Crippen LogP contribution in [-0.4, -0.2) is 32.7 Å². The van der Waals surface area contributed by atoms with Gasteiger partial charge >= 0.3 is 0 Å². The van der Waals surface area contributed by atoms with Crippen molar-refractivity contribution in [2.24, 2.45) is 5.14 Å². The SMILES string of the molecule is Nc1c(N2CCCCCC2CO)cccc1S(N)(=O)=O. The number of benzene rings is 1. The molecule has 1 heterocycles. The highest BCUT2D eigenvalue weighted by molar-refractivity contribution is 7.89. The molecule has 1 aromatic carbocycles. The number of anilines is 2. The van der Waals surface area contributed by atoms with Crippen LogP contribution in [0.15, 0.2) is 23.1 Å². The standard InChI is InChI=1S/C13H21N3O3S/c14-13-11(6-4-7-12(13)20(15,18)19)16-8-3-1-2-5-10(16)9-17/h4,6-7,10,17H,1-3,5,8-9,14H2,(H2,15,18,19). The van der Waals surface area contributed by atoms with Gasteiger partial charge in [0.2, 0.25) is 10.0 Å². The molecule has 1 atom stereocenters. The molecule has 0 spiro atoms. The molecule has 0 radical (unpaired) electrons. The zero-order valence-electron chi connectivity index (χ0n) is 11.3. The Bertz CT molecular complexity index is 574. The summed E-state index contributed by atoms with van der Waals surface area (Å²) in [6.07, 6.45) is 4.02. The van der Waals surface area contributed by atoms with Gasteiger partial charge in [0.25, 0.3) is 0 Å². The van der Waals surface area contributed by atoms with Crippen LogP contribution in [0, 0.1) is 0 Å². The summed E-state index contributed by atoms with van der Waals surface area (Å²) in [7, 11) is -3.84. The number of hydrogen-bond donors (Lipinski definition) is 3. The summed E-state index contributed by atoms with van der Waals surface area (Å²) < 4.78 is 23.1. The maximum Gasteiger partial charge on any atom is 0.240 e. The van der Waals surface area contributed by atoms with Crippen molar-refractivity contribution >= 4 is 21.4 Å². The molecule has 1 fully saturated rings. The molecule has 0 aromatic heterocycles. The van der Waals surface area contributed by atoms with Gasteiger partial charge < -0.3 is 15.7 Å². The van der Waals surface area contributed by atoms with Gasteiger partial charge in [-0.25, -0.2) is 13.6 Å². The molecule has 2 rings (SSSR count). The lowest BCUT2D eigenvalue weighted by Crippen LogP contribution is -2.38. The van der Waals surface area contributed by atoms with E-state index >= 15 is 0 Å². The number of hydrogen-bond acceptors (Lipinski definition) is 5. The van der Waals surface area contributed by atoms with Crippen molar-refractivity contribution in [1.82, 2.24) is 0 Å². The first-order valence-electron chi connectivity index (χ1n) is 6.74. The molecular formula is C13H21N3O3S. The monoisotopic (exact) mass is 299 g/mol.